The van der Waals surface area contributed by atoms with E-state index in [4.69, 9.17) is 10.5 Å². The fraction of sp³-hybridized carbons (Fsp3) is 0.750. The third-order valence-corrected chi connectivity index (χ3v) is 0.808. The normalized spacial score (nSPS) is 6.73. The second kappa shape index (κ2) is 22.8. The van der Waals surface area contributed by atoms with Gasteiger partial charge in [0.25, 0.3) is 0 Å². The van der Waals surface area contributed by atoms with E-state index in [9.17, 15) is 0 Å². The molecule has 0 atom stereocenters. The van der Waals surface area contributed by atoms with Crippen LogP contribution in [-0.4, -0.2) is 25.6 Å². The molecule has 0 aromatic rings. The second-order valence-electron chi connectivity index (χ2n) is 1.64. The van der Waals surface area contributed by atoms with Gasteiger partial charge in [-0.1, -0.05) is 14.4 Å². The SMILES string of the molecule is C.C=C=O.CCNCCCN. The van der Waals surface area contributed by atoms with Crippen molar-refractivity contribution in [2.24, 2.45) is 5.73 Å². The lowest BCUT2D eigenvalue weighted by Gasteiger charge is -1.95. The molecule has 0 aromatic heterocycles. The molecule has 3 nitrogen and oxygen atoms in total. The van der Waals surface area contributed by atoms with E-state index in [2.05, 4.69) is 18.8 Å². The van der Waals surface area contributed by atoms with E-state index in [0.717, 1.165) is 26.1 Å². The van der Waals surface area contributed by atoms with E-state index in [0.29, 0.717) is 0 Å². The van der Waals surface area contributed by atoms with Gasteiger partial charge >= 0.3 is 0 Å². The maximum absolute atomic E-state index is 8.57. The molecule has 0 aromatic carbocycles. The number of rotatable bonds is 4. The number of carbonyl (C=O) groups excluding carboxylic acids is 1. The average Bonchev–Trinajstić information content (AvgIpc) is 1.91. The van der Waals surface area contributed by atoms with E-state index in [1.54, 1.807) is 0 Å². The Morgan fingerprint density at radius 2 is 2.09 bits per heavy atom. The standard InChI is InChI=1S/C5H14N2.C2H2O.CH4/c1-2-7-5-3-4-6;1-2-3;/h7H,2-6H2,1H3;1H2;1H4. The third kappa shape index (κ3) is 44.8. The summed E-state index contributed by atoms with van der Waals surface area (Å²) in [5, 5.41) is 3.17. The summed E-state index contributed by atoms with van der Waals surface area (Å²) in [5.74, 6) is 1.25. The summed E-state index contributed by atoms with van der Waals surface area (Å²) >= 11 is 0. The molecule has 3 heteroatoms. The Hall–Kier alpha value is -0.630. The molecule has 0 aliphatic carbocycles. The molecule has 0 radical (unpaired) electrons. The lowest BCUT2D eigenvalue weighted by atomic mass is 10.4. The predicted molar refractivity (Wildman–Crippen MR) is 50.3 cm³/mol. The molecule has 0 saturated heterocycles. The minimum absolute atomic E-state index is 0. The third-order valence-electron chi connectivity index (χ3n) is 0.808. The summed E-state index contributed by atoms with van der Waals surface area (Å²) in [5.41, 5.74) is 5.23. The average molecular weight is 160 g/mol. The van der Waals surface area contributed by atoms with Gasteiger partial charge in [-0.15, -0.1) is 0 Å². The van der Waals surface area contributed by atoms with Crippen LogP contribution in [0.3, 0.4) is 0 Å². The maximum Gasteiger partial charge on any atom is 0.116 e. The fourth-order valence-electron chi connectivity index (χ4n) is 0.404. The highest BCUT2D eigenvalue weighted by molar-refractivity contribution is 5.38. The van der Waals surface area contributed by atoms with Crippen molar-refractivity contribution < 1.29 is 4.79 Å². The van der Waals surface area contributed by atoms with Crippen LogP contribution in [0, 0.1) is 0 Å². The summed E-state index contributed by atoms with van der Waals surface area (Å²) in [6.45, 7) is 7.69. The molecule has 0 amide bonds. The van der Waals surface area contributed by atoms with E-state index < -0.39 is 0 Å². The molecule has 0 rings (SSSR count). The topological polar surface area (TPSA) is 55.1 Å². The molecule has 68 valence electrons. The first kappa shape index (κ1) is 16.8. The molecular weight excluding hydrogens is 140 g/mol. The van der Waals surface area contributed by atoms with Gasteiger partial charge < -0.3 is 11.1 Å². The summed E-state index contributed by atoms with van der Waals surface area (Å²) in [6.07, 6.45) is 1.09. The minimum atomic E-state index is 0. The Morgan fingerprint density at radius 1 is 1.64 bits per heavy atom. The molecular formula is C8H20N2O. The number of hydrogen-bond donors (Lipinski definition) is 2. The van der Waals surface area contributed by atoms with Crippen molar-refractivity contribution in [1.82, 2.24) is 5.32 Å². The molecule has 0 heterocycles. The first-order valence-corrected chi connectivity index (χ1v) is 3.38. The molecule has 0 bridgehead atoms. The van der Waals surface area contributed by atoms with Gasteiger partial charge in [0.15, 0.2) is 0 Å². The zero-order valence-electron chi connectivity index (χ0n) is 6.52. The molecule has 0 aliphatic heterocycles. The second-order valence-corrected chi connectivity index (χ2v) is 1.64. The molecule has 3 N–H and O–H groups in total. The molecule has 0 spiro atoms. The summed E-state index contributed by atoms with van der Waals surface area (Å²) in [4.78, 5) is 8.57. The maximum atomic E-state index is 8.57. The van der Waals surface area contributed by atoms with E-state index >= 15 is 0 Å². The first-order chi connectivity index (χ1) is 4.83. The molecule has 0 aliphatic rings. The van der Waals surface area contributed by atoms with Crippen LogP contribution in [0.5, 0.6) is 0 Å². The number of nitrogens with one attached hydrogen (secondary N) is 1. The zero-order valence-corrected chi connectivity index (χ0v) is 6.52. The lowest BCUT2D eigenvalue weighted by Crippen LogP contribution is -2.17. The first-order valence-electron chi connectivity index (χ1n) is 3.38. The Balaban J connectivity index is -0.000000140. The van der Waals surface area contributed by atoms with E-state index in [-0.39, 0.29) is 7.43 Å². The van der Waals surface area contributed by atoms with Gasteiger partial charge in [0.2, 0.25) is 0 Å². The molecule has 11 heavy (non-hydrogen) atoms. The Kier molecular flexibility index (Phi) is 34.7. The van der Waals surface area contributed by atoms with Gasteiger partial charge in [-0.05, 0) is 32.6 Å². The van der Waals surface area contributed by atoms with Crippen molar-refractivity contribution in [2.75, 3.05) is 19.6 Å². The number of hydrogen-bond acceptors (Lipinski definition) is 3. The number of nitrogens with two attached hydrogens (primary N) is 1. The van der Waals surface area contributed by atoms with Gasteiger partial charge in [-0.3, -0.25) is 0 Å². The molecule has 0 unspecified atom stereocenters. The molecule has 0 saturated carbocycles. The monoisotopic (exact) mass is 160 g/mol. The van der Waals surface area contributed by atoms with Crippen LogP contribution in [0.1, 0.15) is 20.8 Å². The lowest BCUT2D eigenvalue weighted by molar-refractivity contribution is 0.569. The van der Waals surface area contributed by atoms with Crippen molar-refractivity contribution in [2.45, 2.75) is 20.8 Å². The summed E-state index contributed by atoms with van der Waals surface area (Å²) in [7, 11) is 0. The van der Waals surface area contributed by atoms with E-state index in [1.165, 1.54) is 5.94 Å². The highest BCUT2D eigenvalue weighted by Crippen LogP contribution is 1.66. The molecule has 0 fully saturated rings. The largest absolute Gasteiger partial charge is 0.330 e. The van der Waals surface area contributed by atoms with Gasteiger partial charge in [0.05, 0.1) is 0 Å². The highest BCUT2D eigenvalue weighted by Gasteiger charge is 1.77. The van der Waals surface area contributed by atoms with Crippen LogP contribution in [0.25, 0.3) is 0 Å². The smallest absolute Gasteiger partial charge is 0.116 e. The Bertz CT molecular complexity index is 74.2. The van der Waals surface area contributed by atoms with Crippen LogP contribution < -0.4 is 11.1 Å². The Morgan fingerprint density at radius 3 is 2.36 bits per heavy atom. The van der Waals surface area contributed by atoms with Crippen molar-refractivity contribution >= 4 is 5.94 Å². The summed E-state index contributed by atoms with van der Waals surface area (Å²) < 4.78 is 0. The zero-order chi connectivity index (χ0) is 8.24. The van der Waals surface area contributed by atoms with Gasteiger partial charge in [0, 0.05) is 0 Å². The van der Waals surface area contributed by atoms with Gasteiger partial charge in [-0.2, -0.15) is 0 Å². The van der Waals surface area contributed by atoms with Crippen LogP contribution in [0.4, 0.5) is 0 Å². The Labute approximate surface area is 69.7 Å². The predicted octanol–water partition coefficient (Wildman–Crippen LogP) is 0.585. The van der Waals surface area contributed by atoms with Crippen molar-refractivity contribution in [3.05, 3.63) is 6.58 Å². The van der Waals surface area contributed by atoms with Crippen LogP contribution in [0.2, 0.25) is 0 Å². The van der Waals surface area contributed by atoms with Crippen molar-refractivity contribution in [3.63, 3.8) is 0 Å². The van der Waals surface area contributed by atoms with Crippen molar-refractivity contribution in [3.8, 4) is 0 Å². The summed E-state index contributed by atoms with van der Waals surface area (Å²) in [6, 6.07) is 0. The van der Waals surface area contributed by atoms with Crippen molar-refractivity contribution in [1.29, 1.82) is 0 Å². The van der Waals surface area contributed by atoms with Crippen LogP contribution in [0.15, 0.2) is 6.58 Å². The highest BCUT2D eigenvalue weighted by atomic mass is 16.1. The van der Waals surface area contributed by atoms with Crippen LogP contribution in [-0.2, 0) is 4.79 Å². The van der Waals surface area contributed by atoms with E-state index in [1.807, 2.05) is 0 Å². The van der Waals surface area contributed by atoms with Gasteiger partial charge in [-0.25, -0.2) is 4.79 Å². The van der Waals surface area contributed by atoms with Gasteiger partial charge in [0.1, 0.15) is 5.94 Å². The minimum Gasteiger partial charge on any atom is -0.330 e. The van der Waals surface area contributed by atoms with Crippen LogP contribution >= 0.6 is 0 Å². The quantitative estimate of drug-likeness (QED) is 0.467. The fourth-order valence-corrected chi connectivity index (χ4v) is 0.404.